The molecule has 2 aromatic rings. The molecule has 2 amide bonds. The number of aryl methyl sites for hydroxylation is 1. The molecule has 1 aliphatic carbocycles. The smallest absolute Gasteiger partial charge is 0.286 e. The third-order valence-electron chi connectivity index (χ3n) is 4.58. The number of amides is 2. The number of benzene rings is 1. The van der Waals surface area contributed by atoms with Crippen LogP contribution in [-0.4, -0.2) is 36.7 Å². The number of nitrogens with one attached hydrogen (secondary N) is 3. The molecule has 0 fully saturated rings. The van der Waals surface area contributed by atoms with E-state index < -0.39 is 11.8 Å². The van der Waals surface area contributed by atoms with Gasteiger partial charge in [0.1, 0.15) is 5.69 Å². The number of aromatic amines is 1. The Balaban J connectivity index is 1.71. The van der Waals surface area contributed by atoms with E-state index in [2.05, 4.69) is 15.8 Å². The van der Waals surface area contributed by atoms with Crippen molar-refractivity contribution in [3.8, 4) is 0 Å². The summed E-state index contributed by atoms with van der Waals surface area (Å²) in [6, 6.07) is 7.07. The van der Waals surface area contributed by atoms with Gasteiger partial charge in [-0.15, -0.1) is 0 Å². The monoisotopic (exact) mass is 354 g/mol. The molecule has 0 aliphatic heterocycles. The number of hydrogen-bond donors (Lipinski definition) is 3. The maximum absolute atomic E-state index is 12.4. The molecular formula is C19H22N4O3. The van der Waals surface area contributed by atoms with E-state index in [1.807, 2.05) is 25.1 Å². The second-order valence-electron chi connectivity index (χ2n) is 6.61. The molecule has 7 nitrogen and oxygen atoms in total. The van der Waals surface area contributed by atoms with Gasteiger partial charge in [-0.1, -0.05) is 6.07 Å². The van der Waals surface area contributed by atoms with E-state index in [4.69, 9.17) is 0 Å². The van der Waals surface area contributed by atoms with Gasteiger partial charge < -0.3 is 9.88 Å². The Kier molecular flexibility index (Phi) is 4.79. The number of carbonyl (C=O) groups excluding carboxylic acids is 3. The molecule has 1 aliphatic rings. The van der Waals surface area contributed by atoms with Gasteiger partial charge in [0, 0.05) is 43.0 Å². The molecule has 0 bridgehead atoms. The number of aromatic nitrogens is 1. The number of carbonyl (C=O) groups is 3. The Bertz CT molecular complexity index is 883. The van der Waals surface area contributed by atoms with Crippen molar-refractivity contribution in [1.29, 1.82) is 0 Å². The van der Waals surface area contributed by atoms with Crippen LogP contribution in [-0.2, 0) is 6.42 Å². The van der Waals surface area contributed by atoms with Crippen LogP contribution >= 0.6 is 0 Å². The molecule has 1 aromatic heterocycles. The van der Waals surface area contributed by atoms with Crippen LogP contribution in [0, 0.1) is 6.92 Å². The standard InChI is InChI=1S/C19H22N4O3/c1-11-16-14(8-5-9-15(16)24)20-17(11)19(26)22-21-18(25)12-6-4-7-13(10-12)23(2)3/h4,6-7,10,20H,5,8-9H2,1-3H3,(H,21,25)(H,22,26). The Hall–Kier alpha value is -3.09. The summed E-state index contributed by atoms with van der Waals surface area (Å²) in [5, 5.41) is 0. The van der Waals surface area contributed by atoms with E-state index >= 15 is 0 Å². The Morgan fingerprint density at radius 3 is 2.54 bits per heavy atom. The van der Waals surface area contributed by atoms with Gasteiger partial charge in [0.05, 0.1) is 0 Å². The van der Waals surface area contributed by atoms with Crippen LogP contribution in [0.25, 0.3) is 0 Å². The van der Waals surface area contributed by atoms with Gasteiger partial charge in [-0.2, -0.15) is 0 Å². The molecule has 0 radical (unpaired) electrons. The molecule has 0 saturated heterocycles. The molecule has 136 valence electrons. The minimum atomic E-state index is -0.471. The fourth-order valence-corrected chi connectivity index (χ4v) is 3.17. The van der Waals surface area contributed by atoms with Crippen molar-refractivity contribution in [2.45, 2.75) is 26.2 Å². The highest BCUT2D eigenvalue weighted by Gasteiger charge is 2.26. The lowest BCUT2D eigenvalue weighted by Gasteiger charge is -2.13. The summed E-state index contributed by atoms with van der Waals surface area (Å²) in [5.74, 6) is -0.822. The number of rotatable bonds is 3. The second kappa shape index (κ2) is 7.03. The third kappa shape index (κ3) is 3.33. The molecular weight excluding hydrogens is 332 g/mol. The number of anilines is 1. The SMILES string of the molecule is Cc1c(C(=O)NNC(=O)c2cccc(N(C)C)c2)[nH]c2c1C(=O)CCC2. The van der Waals surface area contributed by atoms with E-state index in [9.17, 15) is 14.4 Å². The first-order valence-corrected chi connectivity index (χ1v) is 8.51. The molecule has 0 atom stereocenters. The summed E-state index contributed by atoms with van der Waals surface area (Å²) in [6.07, 6.45) is 2.04. The van der Waals surface area contributed by atoms with Gasteiger partial charge in [0.2, 0.25) is 0 Å². The summed E-state index contributed by atoms with van der Waals surface area (Å²) in [7, 11) is 3.77. The van der Waals surface area contributed by atoms with Crippen molar-refractivity contribution in [3.05, 3.63) is 52.3 Å². The van der Waals surface area contributed by atoms with Crippen molar-refractivity contribution in [2.75, 3.05) is 19.0 Å². The number of H-pyrrole nitrogens is 1. The van der Waals surface area contributed by atoms with Crippen molar-refractivity contribution < 1.29 is 14.4 Å². The van der Waals surface area contributed by atoms with Gasteiger partial charge in [-0.25, -0.2) is 0 Å². The lowest BCUT2D eigenvalue weighted by molar-refractivity contribution is 0.0844. The first kappa shape index (κ1) is 17.7. The molecule has 7 heteroatoms. The second-order valence-corrected chi connectivity index (χ2v) is 6.61. The molecule has 0 saturated carbocycles. The van der Waals surface area contributed by atoms with Crippen molar-refractivity contribution in [2.24, 2.45) is 0 Å². The molecule has 0 spiro atoms. The van der Waals surface area contributed by atoms with Crippen molar-refractivity contribution in [3.63, 3.8) is 0 Å². The zero-order valence-electron chi connectivity index (χ0n) is 15.1. The quantitative estimate of drug-likeness (QED) is 0.735. The highest BCUT2D eigenvalue weighted by molar-refractivity contribution is 6.05. The number of hydrogen-bond acceptors (Lipinski definition) is 4. The van der Waals surface area contributed by atoms with Crippen LogP contribution in [0.3, 0.4) is 0 Å². The average Bonchev–Trinajstić information content (AvgIpc) is 2.97. The Morgan fingerprint density at radius 2 is 1.85 bits per heavy atom. The van der Waals surface area contributed by atoms with Gasteiger partial charge in [-0.05, 0) is 43.5 Å². The first-order chi connectivity index (χ1) is 12.4. The predicted molar refractivity (Wildman–Crippen MR) is 98.5 cm³/mol. The van der Waals surface area contributed by atoms with Gasteiger partial charge >= 0.3 is 0 Å². The van der Waals surface area contributed by atoms with Crippen LogP contribution < -0.4 is 15.8 Å². The Labute approximate surface area is 151 Å². The number of fused-ring (bicyclic) bond motifs is 1. The lowest BCUT2D eigenvalue weighted by atomic mass is 9.94. The minimum absolute atomic E-state index is 0.0589. The number of hydrazine groups is 1. The summed E-state index contributed by atoms with van der Waals surface area (Å²) in [4.78, 5) is 41.7. The van der Waals surface area contributed by atoms with Crippen LogP contribution in [0.15, 0.2) is 24.3 Å². The molecule has 3 N–H and O–H groups in total. The highest BCUT2D eigenvalue weighted by Crippen LogP contribution is 2.26. The fraction of sp³-hybridized carbons (Fsp3) is 0.316. The Morgan fingerprint density at radius 1 is 1.12 bits per heavy atom. The van der Waals surface area contributed by atoms with Gasteiger partial charge in [0.15, 0.2) is 5.78 Å². The van der Waals surface area contributed by atoms with Crippen LogP contribution in [0.5, 0.6) is 0 Å². The summed E-state index contributed by atoms with van der Waals surface area (Å²) in [6.45, 7) is 1.75. The zero-order valence-corrected chi connectivity index (χ0v) is 15.1. The number of Topliss-reactive ketones (excluding diaryl/α,β-unsaturated/α-hetero) is 1. The highest BCUT2D eigenvalue weighted by atomic mass is 16.2. The maximum atomic E-state index is 12.4. The van der Waals surface area contributed by atoms with E-state index in [-0.39, 0.29) is 5.78 Å². The molecule has 1 heterocycles. The molecule has 0 unspecified atom stereocenters. The van der Waals surface area contributed by atoms with Gasteiger partial charge in [-0.3, -0.25) is 25.2 Å². The first-order valence-electron chi connectivity index (χ1n) is 8.51. The van der Waals surface area contributed by atoms with Crippen LogP contribution in [0.1, 0.15) is 55.3 Å². The van der Waals surface area contributed by atoms with E-state index in [0.717, 1.165) is 24.2 Å². The van der Waals surface area contributed by atoms with Crippen LogP contribution in [0.2, 0.25) is 0 Å². The van der Waals surface area contributed by atoms with Crippen molar-refractivity contribution >= 4 is 23.3 Å². The van der Waals surface area contributed by atoms with E-state index in [1.165, 1.54) is 0 Å². The zero-order chi connectivity index (χ0) is 18.8. The average molecular weight is 354 g/mol. The third-order valence-corrected chi connectivity index (χ3v) is 4.58. The normalized spacial score (nSPS) is 13.1. The molecule has 1 aromatic carbocycles. The molecule has 26 heavy (non-hydrogen) atoms. The number of ketones is 1. The summed E-state index contributed by atoms with van der Waals surface area (Å²) >= 11 is 0. The predicted octanol–water partition coefficient (Wildman–Crippen LogP) is 1.98. The minimum Gasteiger partial charge on any atom is -0.378 e. The van der Waals surface area contributed by atoms with E-state index in [1.54, 1.807) is 25.1 Å². The van der Waals surface area contributed by atoms with Gasteiger partial charge in [0.25, 0.3) is 11.8 Å². The van der Waals surface area contributed by atoms with E-state index in [0.29, 0.717) is 28.8 Å². The topological polar surface area (TPSA) is 94.3 Å². The fourth-order valence-electron chi connectivity index (χ4n) is 3.17. The van der Waals surface area contributed by atoms with Crippen molar-refractivity contribution in [1.82, 2.24) is 15.8 Å². The maximum Gasteiger partial charge on any atom is 0.286 e. The summed E-state index contributed by atoms with van der Waals surface area (Å²) in [5.41, 5.74) is 8.52. The van der Waals surface area contributed by atoms with Crippen LogP contribution in [0.4, 0.5) is 5.69 Å². The largest absolute Gasteiger partial charge is 0.378 e. The lowest BCUT2D eigenvalue weighted by Crippen LogP contribution is -2.42. The number of nitrogens with zero attached hydrogens (tertiary/aromatic N) is 1. The summed E-state index contributed by atoms with van der Waals surface area (Å²) < 4.78 is 0. The molecule has 3 rings (SSSR count).